The van der Waals surface area contributed by atoms with Crippen molar-refractivity contribution in [3.05, 3.63) is 41.2 Å². The smallest absolute Gasteiger partial charge is 0.328 e. The van der Waals surface area contributed by atoms with Gasteiger partial charge in [-0.25, -0.2) is 9.18 Å². The van der Waals surface area contributed by atoms with Crippen LogP contribution >= 0.6 is 0 Å². The third-order valence-electron chi connectivity index (χ3n) is 3.57. The molecule has 2 N–H and O–H groups in total. The van der Waals surface area contributed by atoms with Gasteiger partial charge in [-0.1, -0.05) is 19.4 Å². The number of carboxylic acid groups (broad SMARTS) is 1. The molecule has 2 atom stereocenters. The molecule has 112 valence electrons. The van der Waals surface area contributed by atoms with Crippen molar-refractivity contribution in [2.45, 2.75) is 32.2 Å². The summed E-state index contributed by atoms with van der Waals surface area (Å²) in [6, 6.07) is 4.23. The average Bonchev–Trinajstić information content (AvgIpc) is 3.15. The van der Waals surface area contributed by atoms with Gasteiger partial charge in [0.05, 0.1) is 0 Å². The van der Waals surface area contributed by atoms with Crippen LogP contribution in [0.1, 0.15) is 42.1 Å². The zero-order valence-electron chi connectivity index (χ0n) is 11.8. The van der Waals surface area contributed by atoms with E-state index < -0.39 is 11.8 Å². The molecule has 0 aromatic heterocycles. The van der Waals surface area contributed by atoms with Gasteiger partial charge in [-0.3, -0.25) is 4.79 Å². The van der Waals surface area contributed by atoms with Gasteiger partial charge in [-0.15, -0.1) is 0 Å². The number of benzene rings is 1. The minimum atomic E-state index is -1.15. The molecule has 0 bridgehead atoms. The van der Waals surface area contributed by atoms with E-state index in [4.69, 9.17) is 5.11 Å². The Hall–Kier alpha value is -2.17. The van der Waals surface area contributed by atoms with Crippen molar-refractivity contribution in [1.29, 1.82) is 0 Å². The van der Waals surface area contributed by atoms with Gasteiger partial charge in [-0.2, -0.15) is 0 Å². The Balaban J connectivity index is 1.99. The van der Waals surface area contributed by atoms with Gasteiger partial charge in [0.1, 0.15) is 5.82 Å². The number of nitrogens with one attached hydrogen (secondary N) is 1. The van der Waals surface area contributed by atoms with Gasteiger partial charge in [0.25, 0.3) is 5.91 Å². The van der Waals surface area contributed by atoms with Gasteiger partial charge in [0.15, 0.2) is 0 Å². The van der Waals surface area contributed by atoms with E-state index in [-0.39, 0.29) is 23.1 Å². The Labute approximate surface area is 122 Å². The van der Waals surface area contributed by atoms with Crippen LogP contribution in [0.25, 0.3) is 6.08 Å². The van der Waals surface area contributed by atoms with E-state index in [0.29, 0.717) is 5.92 Å². The quantitative estimate of drug-likeness (QED) is 0.792. The summed E-state index contributed by atoms with van der Waals surface area (Å²) in [6.07, 6.45) is 5.20. The Kier molecular flexibility index (Phi) is 4.73. The minimum Gasteiger partial charge on any atom is -0.478 e. The SMILES string of the molecule is CCCC1CC1NC(=O)c1ccc(/C=C/C(=O)O)c(F)c1. The number of hydrogen-bond acceptors (Lipinski definition) is 2. The summed E-state index contributed by atoms with van der Waals surface area (Å²) < 4.78 is 13.8. The number of carboxylic acids is 1. The first-order valence-corrected chi connectivity index (χ1v) is 7.02. The zero-order valence-corrected chi connectivity index (χ0v) is 11.8. The zero-order chi connectivity index (χ0) is 15.4. The fraction of sp³-hybridized carbons (Fsp3) is 0.375. The van der Waals surface area contributed by atoms with E-state index in [9.17, 15) is 14.0 Å². The van der Waals surface area contributed by atoms with Crippen molar-refractivity contribution in [3.8, 4) is 0 Å². The number of halogens is 1. The van der Waals surface area contributed by atoms with Gasteiger partial charge in [0.2, 0.25) is 0 Å². The van der Waals surface area contributed by atoms with Crippen LogP contribution in [0.15, 0.2) is 24.3 Å². The summed E-state index contributed by atoms with van der Waals surface area (Å²) in [6.45, 7) is 2.11. The van der Waals surface area contributed by atoms with E-state index in [1.54, 1.807) is 0 Å². The van der Waals surface area contributed by atoms with E-state index in [0.717, 1.165) is 37.5 Å². The second-order valence-electron chi connectivity index (χ2n) is 5.27. The van der Waals surface area contributed by atoms with Crippen LogP contribution in [-0.4, -0.2) is 23.0 Å². The molecule has 1 aliphatic carbocycles. The molecule has 0 radical (unpaired) electrons. The van der Waals surface area contributed by atoms with Crippen molar-refractivity contribution >= 4 is 18.0 Å². The summed E-state index contributed by atoms with van der Waals surface area (Å²) >= 11 is 0. The Morgan fingerprint density at radius 1 is 1.48 bits per heavy atom. The topological polar surface area (TPSA) is 66.4 Å². The van der Waals surface area contributed by atoms with E-state index in [1.165, 1.54) is 12.1 Å². The van der Waals surface area contributed by atoms with E-state index in [2.05, 4.69) is 12.2 Å². The number of hydrogen-bond donors (Lipinski definition) is 2. The maximum atomic E-state index is 13.8. The lowest BCUT2D eigenvalue weighted by Crippen LogP contribution is -2.26. The van der Waals surface area contributed by atoms with Crippen molar-refractivity contribution in [2.75, 3.05) is 0 Å². The Morgan fingerprint density at radius 2 is 2.24 bits per heavy atom. The number of rotatable bonds is 6. The van der Waals surface area contributed by atoms with E-state index >= 15 is 0 Å². The van der Waals surface area contributed by atoms with Gasteiger partial charge < -0.3 is 10.4 Å². The molecule has 2 unspecified atom stereocenters. The van der Waals surface area contributed by atoms with Crippen LogP contribution in [0.2, 0.25) is 0 Å². The largest absolute Gasteiger partial charge is 0.478 e. The van der Waals surface area contributed by atoms with Crippen LogP contribution in [0.4, 0.5) is 4.39 Å². The van der Waals surface area contributed by atoms with E-state index in [1.807, 2.05) is 0 Å². The molecule has 0 saturated heterocycles. The van der Waals surface area contributed by atoms with Crippen molar-refractivity contribution in [1.82, 2.24) is 5.32 Å². The highest BCUT2D eigenvalue weighted by molar-refractivity contribution is 5.95. The van der Waals surface area contributed by atoms with Crippen LogP contribution in [0, 0.1) is 11.7 Å². The summed E-state index contributed by atoms with van der Waals surface area (Å²) in [4.78, 5) is 22.4. The number of amides is 1. The monoisotopic (exact) mass is 291 g/mol. The van der Waals surface area contributed by atoms with Crippen LogP contribution in [-0.2, 0) is 4.79 Å². The molecule has 5 heteroatoms. The normalized spacial score (nSPS) is 20.5. The lowest BCUT2D eigenvalue weighted by Gasteiger charge is -2.06. The molecular weight excluding hydrogens is 273 g/mol. The molecule has 1 aromatic rings. The fourth-order valence-electron chi connectivity index (χ4n) is 2.33. The minimum absolute atomic E-state index is 0.143. The lowest BCUT2D eigenvalue weighted by atomic mass is 10.1. The third-order valence-corrected chi connectivity index (χ3v) is 3.57. The molecule has 0 spiro atoms. The summed E-state index contributed by atoms with van der Waals surface area (Å²) in [5, 5.41) is 11.4. The molecule has 1 amide bonds. The molecule has 1 aromatic carbocycles. The Bertz CT molecular complexity index is 583. The first-order chi connectivity index (χ1) is 10.0. The summed E-state index contributed by atoms with van der Waals surface area (Å²) in [7, 11) is 0. The molecule has 1 fully saturated rings. The molecule has 21 heavy (non-hydrogen) atoms. The van der Waals surface area contributed by atoms with Crippen molar-refractivity contribution < 1.29 is 19.1 Å². The molecule has 4 nitrogen and oxygen atoms in total. The highest BCUT2D eigenvalue weighted by Gasteiger charge is 2.37. The first kappa shape index (κ1) is 15.2. The second kappa shape index (κ2) is 6.52. The first-order valence-electron chi connectivity index (χ1n) is 7.02. The lowest BCUT2D eigenvalue weighted by molar-refractivity contribution is -0.131. The fourth-order valence-corrected chi connectivity index (χ4v) is 2.33. The molecular formula is C16H18FNO3. The van der Waals surface area contributed by atoms with Gasteiger partial charge in [0, 0.05) is 23.2 Å². The van der Waals surface area contributed by atoms with Gasteiger partial charge >= 0.3 is 5.97 Å². The molecule has 1 saturated carbocycles. The number of carbonyl (C=O) groups excluding carboxylic acids is 1. The third kappa shape index (κ3) is 4.15. The molecule has 0 aliphatic heterocycles. The Morgan fingerprint density at radius 3 is 2.86 bits per heavy atom. The average molecular weight is 291 g/mol. The second-order valence-corrected chi connectivity index (χ2v) is 5.27. The van der Waals surface area contributed by atoms with Crippen LogP contribution in [0.3, 0.4) is 0 Å². The van der Waals surface area contributed by atoms with Crippen molar-refractivity contribution in [2.24, 2.45) is 5.92 Å². The van der Waals surface area contributed by atoms with Crippen LogP contribution in [0.5, 0.6) is 0 Å². The number of aliphatic carboxylic acids is 1. The number of carbonyl (C=O) groups is 2. The predicted octanol–water partition coefficient (Wildman–Crippen LogP) is 2.84. The van der Waals surface area contributed by atoms with Gasteiger partial charge in [-0.05, 0) is 37.0 Å². The highest BCUT2D eigenvalue weighted by Crippen LogP contribution is 2.34. The maximum absolute atomic E-state index is 13.8. The molecule has 1 aliphatic rings. The predicted molar refractivity (Wildman–Crippen MR) is 77.3 cm³/mol. The summed E-state index contributed by atoms with van der Waals surface area (Å²) in [5.41, 5.74) is 0.395. The summed E-state index contributed by atoms with van der Waals surface area (Å²) in [5.74, 6) is -1.50. The molecule has 2 rings (SSSR count). The molecule has 0 heterocycles. The maximum Gasteiger partial charge on any atom is 0.328 e. The standard InChI is InChI=1S/C16H18FNO3/c1-2-3-11-9-14(11)18-16(21)12-5-4-10(13(17)8-12)6-7-15(19)20/h4-8,11,14H,2-3,9H2,1H3,(H,18,21)(H,19,20)/b7-6+. The van der Waals surface area contributed by atoms with Crippen molar-refractivity contribution in [3.63, 3.8) is 0 Å². The van der Waals surface area contributed by atoms with Crippen LogP contribution < -0.4 is 5.32 Å². The highest BCUT2D eigenvalue weighted by atomic mass is 19.1.